The fourth-order valence-corrected chi connectivity index (χ4v) is 4.37. The Morgan fingerprint density at radius 3 is 2.26 bits per heavy atom. The summed E-state index contributed by atoms with van der Waals surface area (Å²) >= 11 is 0. The van der Waals surface area contributed by atoms with Gasteiger partial charge in [0.1, 0.15) is 0 Å². The number of hydrogen-bond donors (Lipinski definition) is 1. The minimum Gasteiger partial charge on any atom is -0.611 e. The number of hydrogen-bond acceptors (Lipinski definition) is 5. The average molecular weight is 382 g/mol. The van der Waals surface area contributed by atoms with E-state index in [-0.39, 0.29) is 4.90 Å². The maximum absolute atomic E-state index is 13.3. The van der Waals surface area contributed by atoms with E-state index in [4.69, 9.17) is 0 Å². The smallest absolute Gasteiger partial charge is 0.366 e. The molecule has 0 heterocycles. The Hall–Kier alpha value is -3.39. The van der Waals surface area contributed by atoms with Gasteiger partial charge in [-0.2, -0.15) is 4.90 Å². The van der Waals surface area contributed by atoms with Gasteiger partial charge in [-0.05, 0) is 23.6 Å². The highest BCUT2D eigenvalue weighted by molar-refractivity contribution is 8.10. The van der Waals surface area contributed by atoms with E-state index in [2.05, 4.69) is 9.68 Å². The van der Waals surface area contributed by atoms with Crippen LogP contribution >= 0.6 is 0 Å². The third-order valence-corrected chi connectivity index (χ3v) is 6.26. The monoisotopic (exact) mass is 382 g/mol. The first-order chi connectivity index (χ1) is 13.0. The molecule has 0 spiro atoms. The molecule has 0 aliphatic carbocycles. The van der Waals surface area contributed by atoms with Crippen molar-refractivity contribution in [2.45, 2.75) is 4.90 Å². The number of benzene rings is 3. The molecule has 27 heavy (non-hydrogen) atoms. The summed E-state index contributed by atoms with van der Waals surface area (Å²) in [5, 5.41) is 26.4. The lowest BCUT2D eigenvalue weighted by Crippen LogP contribution is -2.35. The second kappa shape index (κ2) is 7.46. The number of fused-ring (bicyclic) bond motifs is 1. The molecule has 7 nitrogen and oxygen atoms in total. The van der Waals surface area contributed by atoms with Gasteiger partial charge >= 0.3 is 11.0 Å². The summed E-state index contributed by atoms with van der Waals surface area (Å²) in [7, 11) is -2.49. The summed E-state index contributed by atoms with van der Waals surface area (Å²) in [5.41, 5.74) is 0.392. The van der Waals surface area contributed by atoms with Crippen LogP contribution in [0.2, 0.25) is 0 Å². The molecule has 1 amide bonds. The molecule has 1 unspecified atom stereocenters. The first kappa shape index (κ1) is 18.4. The highest BCUT2D eigenvalue weighted by atomic mass is 32.2. The predicted molar refractivity (Wildman–Crippen MR) is 106 cm³/mol. The number of rotatable bonds is 2. The number of carbonyl (C=O) groups is 1. The van der Waals surface area contributed by atoms with Crippen molar-refractivity contribution in [2.75, 3.05) is 12.4 Å². The number of carbonyl (C=O) groups excluding carboxylic acids is 1. The van der Waals surface area contributed by atoms with Crippen LogP contribution in [-0.2, 0) is 14.5 Å². The van der Waals surface area contributed by atoms with Crippen molar-refractivity contribution >= 4 is 37.1 Å². The molecular formula is C19H16N3O4S-. The molecule has 1 atom stereocenters. The molecule has 0 aliphatic rings. The fourth-order valence-electron chi connectivity index (χ4n) is 2.73. The van der Waals surface area contributed by atoms with Crippen LogP contribution in [0, 0.1) is 10.4 Å². The Balaban J connectivity index is 2.08. The lowest BCUT2D eigenvalue weighted by Gasteiger charge is -2.15. The second-order valence-electron chi connectivity index (χ2n) is 5.56. The van der Waals surface area contributed by atoms with Gasteiger partial charge in [0.25, 0.3) is 0 Å². The number of nitrogens with one attached hydrogen (secondary N) is 1. The highest BCUT2D eigenvalue weighted by Gasteiger charge is 2.34. The molecule has 138 valence electrons. The van der Waals surface area contributed by atoms with Crippen molar-refractivity contribution in [1.82, 2.24) is 0 Å². The molecule has 3 rings (SSSR count). The van der Waals surface area contributed by atoms with Crippen molar-refractivity contribution in [3.8, 4) is 0 Å². The van der Waals surface area contributed by atoms with Gasteiger partial charge in [0.05, 0.1) is 4.90 Å². The van der Waals surface area contributed by atoms with Crippen molar-refractivity contribution in [3.63, 3.8) is 0 Å². The SMILES string of the molecule is CN=S(=O)(C(C(=O)Nc1cccc2ccccc12)=[N+]([O-])[O-])c1ccccc1. The van der Waals surface area contributed by atoms with E-state index in [0.29, 0.717) is 5.69 Å². The topological polar surface area (TPSA) is 108 Å². The molecule has 0 aliphatic heterocycles. The zero-order valence-electron chi connectivity index (χ0n) is 14.4. The largest absolute Gasteiger partial charge is 0.611 e. The van der Waals surface area contributed by atoms with Crippen LogP contribution in [0.3, 0.4) is 0 Å². The Bertz CT molecular complexity index is 1140. The van der Waals surface area contributed by atoms with E-state index in [1.54, 1.807) is 42.5 Å². The van der Waals surface area contributed by atoms with Gasteiger partial charge in [-0.3, -0.25) is 4.79 Å². The molecule has 1 N–H and O–H groups in total. The van der Waals surface area contributed by atoms with Gasteiger partial charge in [0, 0.05) is 18.1 Å². The Morgan fingerprint density at radius 2 is 1.59 bits per heavy atom. The Morgan fingerprint density at radius 1 is 0.963 bits per heavy atom. The van der Waals surface area contributed by atoms with E-state index in [1.165, 1.54) is 19.2 Å². The summed E-state index contributed by atoms with van der Waals surface area (Å²) in [4.78, 5) is 11.9. The fraction of sp³-hybridized carbons (Fsp3) is 0.0526. The van der Waals surface area contributed by atoms with E-state index in [1.807, 2.05) is 18.2 Å². The van der Waals surface area contributed by atoms with Crippen molar-refractivity contribution < 1.29 is 13.9 Å². The van der Waals surface area contributed by atoms with Crippen molar-refractivity contribution in [3.05, 3.63) is 83.2 Å². The van der Waals surface area contributed by atoms with Crippen LogP contribution < -0.4 is 5.32 Å². The van der Waals surface area contributed by atoms with Gasteiger partial charge in [-0.25, -0.2) is 8.57 Å². The Labute approximate surface area is 156 Å². The summed E-state index contributed by atoms with van der Waals surface area (Å²) in [5.74, 6) is -1.06. The Kier molecular flexibility index (Phi) is 5.09. The van der Waals surface area contributed by atoms with Crippen LogP contribution in [-0.4, -0.2) is 27.1 Å². The number of nitrogens with zero attached hydrogens (tertiary/aromatic N) is 2. The molecule has 0 fully saturated rings. The molecule has 3 aromatic carbocycles. The van der Waals surface area contributed by atoms with Crippen LogP contribution in [0.5, 0.6) is 0 Å². The summed E-state index contributed by atoms with van der Waals surface area (Å²) in [6, 6.07) is 20.2. The zero-order valence-corrected chi connectivity index (χ0v) is 15.2. The average Bonchev–Trinajstić information content (AvgIpc) is 2.68. The van der Waals surface area contributed by atoms with Gasteiger partial charge in [-0.15, -0.1) is 0 Å². The van der Waals surface area contributed by atoms with Crippen LogP contribution in [0.1, 0.15) is 0 Å². The summed E-state index contributed by atoms with van der Waals surface area (Å²) < 4.78 is 17.0. The normalized spacial score (nSPS) is 12.8. The van der Waals surface area contributed by atoms with Gasteiger partial charge in [0.15, 0.2) is 9.73 Å². The van der Waals surface area contributed by atoms with Crippen LogP contribution in [0.4, 0.5) is 5.69 Å². The van der Waals surface area contributed by atoms with Crippen molar-refractivity contribution in [2.24, 2.45) is 4.36 Å². The quantitative estimate of drug-likeness (QED) is 0.317. The maximum Gasteiger partial charge on any atom is 0.366 e. The summed E-state index contributed by atoms with van der Waals surface area (Å²) in [6.07, 6.45) is 0. The molecule has 0 aromatic heterocycles. The maximum atomic E-state index is 13.3. The molecule has 8 heteroatoms. The molecular weight excluding hydrogens is 366 g/mol. The van der Waals surface area contributed by atoms with E-state index in [0.717, 1.165) is 10.8 Å². The standard InChI is InChI=1S/C19H16N3O4S/c1-20-27(26,15-10-3-2-4-11-15)19(22(24)25)18(23)21-17-13-7-9-14-8-5-6-12-16(14)17/h2-13H,1H3,(H-,20,21,23,24,25,26)/q-1. The van der Waals surface area contributed by atoms with Crippen molar-refractivity contribution in [1.29, 1.82) is 0 Å². The number of amides is 1. The zero-order chi connectivity index (χ0) is 19.4. The third-order valence-electron chi connectivity index (χ3n) is 3.98. The third kappa shape index (κ3) is 3.47. The van der Waals surface area contributed by atoms with Gasteiger partial charge < -0.3 is 15.7 Å². The lowest BCUT2D eigenvalue weighted by atomic mass is 10.1. The molecule has 0 saturated heterocycles. The lowest BCUT2D eigenvalue weighted by molar-refractivity contribution is -0.375. The molecule has 0 radical (unpaired) electrons. The minimum absolute atomic E-state index is 0.104. The van der Waals surface area contributed by atoms with E-state index in [9.17, 15) is 19.4 Å². The second-order valence-corrected chi connectivity index (χ2v) is 7.84. The van der Waals surface area contributed by atoms with E-state index >= 15 is 0 Å². The van der Waals surface area contributed by atoms with Crippen LogP contribution in [0.15, 0.2) is 82.1 Å². The van der Waals surface area contributed by atoms with E-state index < -0.39 is 25.6 Å². The summed E-state index contributed by atoms with van der Waals surface area (Å²) in [6.45, 7) is 0. The van der Waals surface area contributed by atoms with Gasteiger partial charge in [0.2, 0.25) is 0 Å². The first-order valence-electron chi connectivity index (χ1n) is 7.98. The highest BCUT2D eigenvalue weighted by Crippen LogP contribution is 2.24. The molecule has 0 saturated carbocycles. The number of anilines is 1. The molecule has 0 bridgehead atoms. The van der Waals surface area contributed by atoms with Crippen LogP contribution in [0.25, 0.3) is 10.8 Å². The predicted octanol–water partition coefficient (Wildman–Crippen LogP) is 3.34. The van der Waals surface area contributed by atoms with Gasteiger partial charge in [-0.1, -0.05) is 54.6 Å². The minimum atomic E-state index is -3.69. The first-order valence-corrected chi connectivity index (χ1v) is 9.49. The molecule has 3 aromatic rings.